The summed E-state index contributed by atoms with van der Waals surface area (Å²) in [6.07, 6.45) is 0. The van der Waals surface area contributed by atoms with E-state index in [9.17, 15) is 9.59 Å². The lowest BCUT2D eigenvalue weighted by atomic mass is 9.99. The highest BCUT2D eigenvalue weighted by molar-refractivity contribution is 7.21. The molecular formula is C30H21N3O4S2. The maximum Gasteiger partial charge on any atom is 0.339 e. The van der Waals surface area contributed by atoms with Crippen molar-refractivity contribution in [2.45, 2.75) is 0 Å². The van der Waals surface area contributed by atoms with E-state index in [2.05, 4.69) is 10.3 Å². The number of nitrogens with zero attached hydrogens (tertiary/aromatic N) is 2. The summed E-state index contributed by atoms with van der Waals surface area (Å²) in [5.41, 5.74) is 3.63. The number of methoxy groups -OCH3 is 1. The Hall–Kier alpha value is -4.60. The van der Waals surface area contributed by atoms with E-state index < -0.39 is 18.5 Å². The molecule has 192 valence electrons. The average Bonchev–Trinajstić information content (AvgIpc) is 3.62. The van der Waals surface area contributed by atoms with E-state index in [0.717, 1.165) is 37.1 Å². The Morgan fingerprint density at radius 2 is 1.64 bits per heavy atom. The van der Waals surface area contributed by atoms with Crippen LogP contribution in [0.15, 0.2) is 90.3 Å². The van der Waals surface area contributed by atoms with Gasteiger partial charge in [0, 0.05) is 21.9 Å². The van der Waals surface area contributed by atoms with Gasteiger partial charge in [0.1, 0.15) is 10.8 Å². The Balaban J connectivity index is 1.20. The smallest absolute Gasteiger partial charge is 0.339 e. The van der Waals surface area contributed by atoms with Crippen LogP contribution in [0.1, 0.15) is 10.4 Å². The number of rotatable bonds is 7. The minimum atomic E-state index is -0.585. The van der Waals surface area contributed by atoms with Crippen LogP contribution in [0.5, 0.6) is 5.75 Å². The number of para-hydroxylation sites is 2. The molecule has 6 aromatic rings. The summed E-state index contributed by atoms with van der Waals surface area (Å²) in [5.74, 6) is -0.371. The van der Waals surface area contributed by atoms with Crippen LogP contribution >= 0.6 is 22.7 Å². The molecule has 2 aromatic heterocycles. The van der Waals surface area contributed by atoms with Crippen molar-refractivity contribution < 1.29 is 19.1 Å². The molecule has 2 heterocycles. The summed E-state index contributed by atoms with van der Waals surface area (Å²) in [5, 5.41) is 7.39. The van der Waals surface area contributed by atoms with Gasteiger partial charge in [-0.3, -0.25) is 10.1 Å². The lowest BCUT2D eigenvalue weighted by Gasteiger charge is -2.10. The number of thiazole rings is 2. The molecule has 0 saturated heterocycles. The summed E-state index contributed by atoms with van der Waals surface area (Å²) in [6, 6.07) is 26.7. The second kappa shape index (κ2) is 10.6. The van der Waals surface area contributed by atoms with Crippen molar-refractivity contribution in [3.05, 3.63) is 95.9 Å². The van der Waals surface area contributed by atoms with Crippen LogP contribution in [0.3, 0.4) is 0 Å². The van der Waals surface area contributed by atoms with Gasteiger partial charge in [0.15, 0.2) is 11.7 Å². The normalized spacial score (nSPS) is 11.0. The Labute approximate surface area is 231 Å². The molecular weight excluding hydrogens is 530 g/mol. The molecule has 6 rings (SSSR count). The predicted molar refractivity (Wildman–Crippen MR) is 156 cm³/mol. The Kier molecular flexibility index (Phi) is 6.75. The number of carbonyl (C=O) groups is 2. The standard InChI is InChI=1S/C30H21N3O4S2/c1-36-24-14-4-2-10-19(24)23-17-38-30(32-23)33-26(34)16-37-29(35)21-12-7-9-18-8-6-11-20(27(18)21)28-31-22-13-3-5-15-25(22)39-28/h2-15,17H,16H2,1H3,(H,32,33,34). The maximum absolute atomic E-state index is 13.2. The first-order chi connectivity index (χ1) is 19.1. The number of esters is 1. The average molecular weight is 552 g/mol. The van der Waals surface area contributed by atoms with Gasteiger partial charge in [-0.15, -0.1) is 22.7 Å². The van der Waals surface area contributed by atoms with Crippen molar-refractivity contribution in [1.29, 1.82) is 0 Å². The fourth-order valence-corrected chi connectivity index (χ4v) is 6.08. The quantitative estimate of drug-likeness (QED) is 0.214. The zero-order chi connectivity index (χ0) is 26.8. The molecule has 0 atom stereocenters. The highest BCUT2D eigenvalue weighted by atomic mass is 32.1. The zero-order valence-electron chi connectivity index (χ0n) is 20.7. The third-order valence-electron chi connectivity index (χ3n) is 6.12. The van der Waals surface area contributed by atoms with E-state index in [-0.39, 0.29) is 0 Å². The summed E-state index contributed by atoms with van der Waals surface area (Å²) in [6.45, 7) is -0.442. The van der Waals surface area contributed by atoms with Gasteiger partial charge in [-0.1, -0.05) is 54.6 Å². The molecule has 0 aliphatic rings. The fourth-order valence-electron chi connectivity index (χ4n) is 4.35. The molecule has 0 aliphatic heterocycles. The van der Waals surface area contributed by atoms with Gasteiger partial charge < -0.3 is 9.47 Å². The fraction of sp³-hybridized carbons (Fsp3) is 0.0667. The Morgan fingerprint density at radius 1 is 0.872 bits per heavy atom. The lowest BCUT2D eigenvalue weighted by molar-refractivity contribution is -0.119. The molecule has 1 N–H and O–H groups in total. The number of hydrogen-bond donors (Lipinski definition) is 1. The number of carbonyl (C=O) groups excluding carboxylic acids is 2. The van der Waals surface area contributed by atoms with E-state index >= 15 is 0 Å². The van der Waals surface area contributed by atoms with E-state index in [1.54, 1.807) is 30.6 Å². The molecule has 7 nitrogen and oxygen atoms in total. The maximum atomic E-state index is 13.2. The first-order valence-electron chi connectivity index (χ1n) is 12.0. The molecule has 1 amide bonds. The van der Waals surface area contributed by atoms with Crippen molar-refractivity contribution >= 4 is 60.7 Å². The van der Waals surface area contributed by atoms with E-state index in [1.165, 1.54) is 11.3 Å². The number of benzene rings is 4. The number of ether oxygens (including phenoxy) is 2. The van der Waals surface area contributed by atoms with Crippen molar-refractivity contribution in [2.75, 3.05) is 19.0 Å². The molecule has 0 radical (unpaired) electrons. The Morgan fingerprint density at radius 3 is 2.49 bits per heavy atom. The summed E-state index contributed by atoms with van der Waals surface area (Å²) < 4.78 is 11.9. The highest BCUT2D eigenvalue weighted by Crippen LogP contribution is 2.36. The lowest BCUT2D eigenvalue weighted by Crippen LogP contribution is -2.21. The van der Waals surface area contributed by atoms with Gasteiger partial charge >= 0.3 is 5.97 Å². The topological polar surface area (TPSA) is 90.4 Å². The molecule has 9 heteroatoms. The minimum Gasteiger partial charge on any atom is -0.496 e. The number of amides is 1. The third-order valence-corrected chi connectivity index (χ3v) is 7.94. The highest BCUT2D eigenvalue weighted by Gasteiger charge is 2.19. The van der Waals surface area contributed by atoms with Crippen LogP contribution in [0.4, 0.5) is 5.13 Å². The third kappa shape index (κ3) is 4.97. The molecule has 0 fully saturated rings. The van der Waals surface area contributed by atoms with Crippen LogP contribution in [-0.2, 0) is 9.53 Å². The summed E-state index contributed by atoms with van der Waals surface area (Å²) in [7, 11) is 1.60. The molecule has 0 spiro atoms. The van der Waals surface area contributed by atoms with E-state index in [0.29, 0.717) is 22.1 Å². The number of fused-ring (bicyclic) bond motifs is 2. The first kappa shape index (κ1) is 24.7. The number of nitrogens with one attached hydrogen (secondary N) is 1. The molecule has 0 saturated carbocycles. The molecule has 0 aliphatic carbocycles. The molecule has 39 heavy (non-hydrogen) atoms. The van der Waals surface area contributed by atoms with Crippen LogP contribution < -0.4 is 10.1 Å². The van der Waals surface area contributed by atoms with Gasteiger partial charge in [0.25, 0.3) is 5.91 Å². The summed E-state index contributed by atoms with van der Waals surface area (Å²) >= 11 is 2.85. The SMILES string of the molecule is COc1ccccc1-c1csc(NC(=O)COC(=O)c2cccc3cccc(-c4nc5ccccc5s4)c23)n1. The van der Waals surface area contributed by atoms with Crippen LogP contribution in [-0.4, -0.2) is 35.6 Å². The van der Waals surface area contributed by atoms with Crippen molar-refractivity contribution in [1.82, 2.24) is 9.97 Å². The minimum absolute atomic E-state index is 0.378. The van der Waals surface area contributed by atoms with E-state index in [1.807, 2.05) is 78.2 Å². The van der Waals surface area contributed by atoms with E-state index in [4.69, 9.17) is 14.5 Å². The number of aromatic nitrogens is 2. The number of anilines is 1. The van der Waals surface area contributed by atoms with Crippen molar-refractivity contribution in [3.8, 4) is 27.6 Å². The van der Waals surface area contributed by atoms with Crippen LogP contribution in [0.25, 0.3) is 42.8 Å². The second-order valence-electron chi connectivity index (χ2n) is 8.56. The van der Waals surface area contributed by atoms with Crippen molar-refractivity contribution in [2.24, 2.45) is 0 Å². The predicted octanol–water partition coefficient (Wildman–Crippen LogP) is 7.04. The van der Waals surface area contributed by atoms with Gasteiger partial charge in [0.2, 0.25) is 0 Å². The van der Waals surface area contributed by atoms with Crippen molar-refractivity contribution in [3.63, 3.8) is 0 Å². The summed E-state index contributed by atoms with van der Waals surface area (Å²) in [4.78, 5) is 35.1. The van der Waals surface area contributed by atoms with Gasteiger partial charge in [-0.05, 0) is 35.7 Å². The zero-order valence-corrected chi connectivity index (χ0v) is 22.3. The van der Waals surface area contributed by atoms with Gasteiger partial charge in [0.05, 0.1) is 28.6 Å². The first-order valence-corrected chi connectivity index (χ1v) is 13.7. The largest absolute Gasteiger partial charge is 0.496 e. The molecule has 4 aromatic carbocycles. The monoisotopic (exact) mass is 551 g/mol. The molecule has 0 unspecified atom stereocenters. The number of hydrogen-bond acceptors (Lipinski definition) is 8. The van der Waals surface area contributed by atoms with Crippen LogP contribution in [0.2, 0.25) is 0 Å². The van der Waals surface area contributed by atoms with Crippen LogP contribution in [0, 0.1) is 0 Å². The Bertz CT molecular complexity index is 1800. The molecule has 0 bridgehead atoms. The second-order valence-corrected chi connectivity index (χ2v) is 10.4. The van der Waals surface area contributed by atoms with Gasteiger partial charge in [-0.25, -0.2) is 14.8 Å². The van der Waals surface area contributed by atoms with Gasteiger partial charge in [-0.2, -0.15) is 0 Å².